The third kappa shape index (κ3) is 7.53. The van der Waals surface area contributed by atoms with Crippen LogP contribution >= 0.6 is 0 Å². The first-order valence-electron chi connectivity index (χ1n) is 9.02. The molecule has 0 spiro atoms. The van der Waals surface area contributed by atoms with Gasteiger partial charge in [-0.3, -0.25) is 4.90 Å². The van der Waals surface area contributed by atoms with E-state index >= 15 is 0 Å². The molecule has 0 unspecified atom stereocenters. The lowest BCUT2D eigenvalue weighted by Gasteiger charge is -2.21. The van der Waals surface area contributed by atoms with Crippen molar-refractivity contribution >= 4 is 6.09 Å². The van der Waals surface area contributed by atoms with Crippen molar-refractivity contribution in [2.24, 2.45) is 0 Å². The van der Waals surface area contributed by atoms with Crippen molar-refractivity contribution in [1.82, 2.24) is 4.90 Å². The van der Waals surface area contributed by atoms with E-state index in [0.717, 1.165) is 18.4 Å². The Morgan fingerprint density at radius 3 is 2.27 bits per heavy atom. The first-order valence-corrected chi connectivity index (χ1v) is 9.02. The number of ether oxygens (including phenoxy) is 2. The minimum atomic E-state index is -0.348. The number of allylic oxidation sites excluding steroid dienone is 1. The minimum Gasteiger partial charge on any atom is -0.444 e. The van der Waals surface area contributed by atoms with Gasteiger partial charge in [0.2, 0.25) is 0 Å². The van der Waals surface area contributed by atoms with Gasteiger partial charge in [0.15, 0.2) is 0 Å². The summed E-state index contributed by atoms with van der Waals surface area (Å²) in [7, 11) is 0. The Hall–Kier alpha value is -2.59. The first kappa shape index (κ1) is 19.7. The quantitative estimate of drug-likeness (QED) is 0.454. The molecule has 2 aromatic carbocycles. The van der Waals surface area contributed by atoms with E-state index in [9.17, 15) is 4.79 Å². The van der Waals surface area contributed by atoms with Gasteiger partial charge in [-0.15, -0.1) is 0 Å². The molecule has 138 valence electrons. The van der Waals surface area contributed by atoms with E-state index in [0.29, 0.717) is 13.2 Å². The summed E-state index contributed by atoms with van der Waals surface area (Å²) in [5.41, 5.74) is 2.25. The van der Waals surface area contributed by atoms with E-state index in [2.05, 4.69) is 24.3 Å². The summed E-state index contributed by atoms with van der Waals surface area (Å²) < 4.78 is 10.8. The van der Waals surface area contributed by atoms with Crippen LogP contribution in [0, 0.1) is 0 Å². The van der Waals surface area contributed by atoms with Crippen molar-refractivity contribution in [1.29, 1.82) is 0 Å². The van der Waals surface area contributed by atoms with Gasteiger partial charge < -0.3 is 9.47 Å². The van der Waals surface area contributed by atoms with Crippen LogP contribution < -0.4 is 0 Å². The van der Waals surface area contributed by atoms with Crippen LogP contribution in [0.1, 0.15) is 24.5 Å². The summed E-state index contributed by atoms with van der Waals surface area (Å²) in [6.07, 6.45) is 5.53. The Balaban J connectivity index is 1.77. The number of rotatable bonds is 10. The van der Waals surface area contributed by atoms with Crippen molar-refractivity contribution in [3.05, 3.63) is 83.9 Å². The Morgan fingerprint density at radius 2 is 1.62 bits per heavy atom. The number of carbonyl (C=O) groups is 1. The molecule has 0 saturated carbocycles. The van der Waals surface area contributed by atoms with Crippen molar-refractivity contribution in [2.75, 3.05) is 19.9 Å². The molecule has 0 bridgehead atoms. The Morgan fingerprint density at radius 1 is 0.962 bits per heavy atom. The maximum atomic E-state index is 12.3. The molecule has 0 N–H and O–H groups in total. The van der Waals surface area contributed by atoms with Gasteiger partial charge in [-0.05, 0) is 30.9 Å². The molecular weight excluding hydrogens is 326 g/mol. The number of hydrogen-bond acceptors (Lipinski definition) is 3. The van der Waals surface area contributed by atoms with Gasteiger partial charge in [0, 0.05) is 13.2 Å². The third-order valence-corrected chi connectivity index (χ3v) is 3.84. The van der Waals surface area contributed by atoms with Gasteiger partial charge >= 0.3 is 6.09 Å². The van der Waals surface area contributed by atoms with E-state index in [1.54, 1.807) is 4.90 Å². The fraction of sp³-hybridized carbons (Fsp3) is 0.318. The topological polar surface area (TPSA) is 38.8 Å². The highest BCUT2D eigenvalue weighted by Gasteiger charge is 2.14. The highest BCUT2D eigenvalue weighted by molar-refractivity contribution is 5.67. The van der Waals surface area contributed by atoms with Crippen LogP contribution in [0.25, 0.3) is 0 Å². The summed E-state index contributed by atoms with van der Waals surface area (Å²) in [6, 6.07) is 20.0. The fourth-order valence-corrected chi connectivity index (χ4v) is 2.40. The van der Waals surface area contributed by atoms with E-state index in [1.165, 1.54) is 5.56 Å². The average Bonchev–Trinajstić information content (AvgIpc) is 2.70. The summed E-state index contributed by atoms with van der Waals surface area (Å²) in [6.45, 7) is 3.56. The zero-order chi connectivity index (χ0) is 18.5. The lowest BCUT2D eigenvalue weighted by Crippen LogP contribution is -2.34. The number of carbonyl (C=O) groups excluding carboxylic acids is 1. The molecule has 26 heavy (non-hydrogen) atoms. The Kier molecular flexibility index (Phi) is 9.01. The van der Waals surface area contributed by atoms with Gasteiger partial charge in [-0.2, -0.15) is 0 Å². The third-order valence-electron chi connectivity index (χ3n) is 3.84. The van der Waals surface area contributed by atoms with Gasteiger partial charge in [0.25, 0.3) is 0 Å². The van der Waals surface area contributed by atoms with Gasteiger partial charge in [-0.25, -0.2) is 4.79 Å². The molecule has 0 saturated heterocycles. The predicted molar refractivity (Wildman–Crippen MR) is 104 cm³/mol. The number of hydrogen-bond donors (Lipinski definition) is 0. The second kappa shape index (κ2) is 11.9. The molecule has 0 atom stereocenters. The second-order valence-electron chi connectivity index (χ2n) is 5.88. The largest absolute Gasteiger partial charge is 0.444 e. The Bertz CT molecular complexity index is 656. The standard InChI is InChI=1S/C22H27NO3/c1-2-25-19-23(22(24)26-18-21-15-8-4-9-16-21)17-11-5-10-14-20-12-6-3-7-13-20/h3-10,12-13,15-16H,2,11,14,17-19H2,1H3. The summed E-state index contributed by atoms with van der Waals surface area (Å²) >= 11 is 0. The molecule has 0 aliphatic rings. The lowest BCUT2D eigenvalue weighted by atomic mass is 10.1. The summed E-state index contributed by atoms with van der Waals surface area (Å²) in [5.74, 6) is 0. The molecule has 4 heteroatoms. The first-order chi connectivity index (χ1) is 12.8. The Labute approximate surface area is 156 Å². The van der Waals surface area contributed by atoms with Crippen molar-refractivity contribution in [2.45, 2.75) is 26.4 Å². The molecular formula is C22H27NO3. The normalized spacial score (nSPS) is 10.8. The average molecular weight is 353 g/mol. The molecule has 0 aliphatic heterocycles. The monoisotopic (exact) mass is 353 g/mol. The zero-order valence-electron chi connectivity index (χ0n) is 15.3. The molecule has 0 aliphatic carbocycles. The van der Waals surface area contributed by atoms with E-state index < -0.39 is 0 Å². The lowest BCUT2D eigenvalue weighted by molar-refractivity contribution is 0.0224. The summed E-state index contributed by atoms with van der Waals surface area (Å²) in [5, 5.41) is 0. The maximum Gasteiger partial charge on any atom is 0.411 e. The molecule has 1 amide bonds. The van der Waals surface area contributed by atoms with Crippen LogP contribution in [-0.2, 0) is 22.5 Å². The van der Waals surface area contributed by atoms with Crippen molar-refractivity contribution in [3.8, 4) is 0 Å². The van der Waals surface area contributed by atoms with Gasteiger partial charge in [0.05, 0.1) is 0 Å². The van der Waals surface area contributed by atoms with E-state index in [4.69, 9.17) is 9.47 Å². The second-order valence-corrected chi connectivity index (χ2v) is 5.88. The molecule has 0 radical (unpaired) electrons. The summed E-state index contributed by atoms with van der Waals surface area (Å²) in [4.78, 5) is 13.9. The van der Waals surface area contributed by atoms with Crippen molar-refractivity contribution in [3.63, 3.8) is 0 Å². The van der Waals surface area contributed by atoms with Crippen LogP contribution in [0.3, 0.4) is 0 Å². The molecule has 0 heterocycles. The van der Waals surface area contributed by atoms with Crippen LogP contribution in [0.5, 0.6) is 0 Å². The predicted octanol–water partition coefficient (Wildman–Crippen LogP) is 4.81. The van der Waals surface area contributed by atoms with Gasteiger partial charge in [0.1, 0.15) is 13.3 Å². The molecule has 0 fully saturated rings. The van der Waals surface area contributed by atoms with Crippen molar-refractivity contribution < 1.29 is 14.3 Å². The van der Waals surface area contributed by atoms with E-state index in [-0.39, 0.29) is 19.4 Å². The number of benzene rings is 2. The van der Waals surface area contributed by atoms with Crippen LogP contribution in [-0.4, -0.2) is 30.9 Å². The SMILES string of the molecule is CCOCN(CCC=CCc1ccccc1)C(=O)OCc1ccccc1. The number of amides is 1. The molecule has 2 aromatic rings. The minimum absolute atomic E-state index is 0.247. The molecule has 2 rings (SSSR count). The van der Waals surface area contributed by atoms with Gasteiger partial charge in [-0.1, -0.05) is 72.8 Å². The van der Waals surface area contributed by atoms with Crippen LogP contribution in [0.2, 0.25) is 0 Å². The highest BCUT2D eigenvalue weighted by atomic mass is 16.6. The molecule has 4 nitrogen and oxygen atoms in total. The van der Waals surface area contributed by atoms with E-state index in [1.807, 2.05) is 55.5 Å². The smallest absolute Gasteiger partial charge is 0.411 e. The molecule has 0 aromatic heterocycles. The van der Waals surface area contributed by atoms with Crippen LogP contribution in [0.4, 0.5) is 4.79 Å². The zero-order valence-corrected chi connectivity index (χ0v) is 15.3. The highest BCUT2D eigenvalue weighted by Crippen LogP contribution is 2.05. The maximum absolute atomic E-state index is 12.3. The fourth-order valence-electron chi connectivity index (χ4n) is 2.40. The van der Waals surface area contributed by atoms with Crippen LogP contribution in [0.15, 0.2) is 72.8 Å². The number of nitrogens with zero attached hydrogens (tertiary/aromatic N) is 1.